The van der Waals surface area contributed by atoms with Gasteiger partial charge in [-0.25, -0.2) is 0 Å². The molecule has 3 aromatic rings. The molecule has 164 valence electrons. The standard InChI is InChI=1S/C24H23ClN4O2S/c25-18-6-7-20-19(13-18)27-24(31)21(32-20)14-22(30)29-11-9-28(10-12-29)15-17-4-1-3-16-5-2-8-26-23(16)17/h1-8,13,21H,9-12,14-15H2,(H,27,31). The number of halogens is 1. The van der Waals surface area contributed by atoms with Crippen LogP contribution < -0.4 is 5.32 Å². The van der Waals surface area contributed by atoms with Crippen molar-refractivity contribution in [2.24, 2.45) is 0 Å². The van der Waals surface area contributed by atoms with Crippen molar-refractivity contribution in [2.75, 3.05) is 31.5 Å². The average molecular weight is 467 g/mol. The van der Waals surface area contributed by atoms with Crippen LogP contribution in [0.2, 0.25) is 5.02 Å². The summed E-state index contributed by atoms with van der Waals surface area (Å²) in [5.41, 5.74) is 2.96. The van der Waals surface area contributed by atoms with Crippen LogP contribution in [0.25, 0.3) is 10.9 Å². The van der Waals surface area contributed by atoms with E-state index in [4.69, 9.17) is 11.6 Å². The monoisotopic (exact) mass is 466 g/mol. The molecule has 0 aliphatic carbocycles. The van der Waals surface area contributed by atoms with Gasteiger partial charge in [-0.15, -0.1) is 11.8 Å². The van der Waals surface area contributed by atoms with Gasteiger partial charge in [0.05, 0.1) is 16.5 Å². The van der Waals surface area contributed by atoms with Gasteiger partial charge in [0.2, 0.25) is 11.8 Å². The number of benzene rings is 2. The maximum Gasteiger partial charge on any atom is 0.238 e. The lowest BCUT2D eigenvalue weighted by Crippen LogP contribution is -2.49. The first-order valence-corrected chi connectivity index (χ1v) is 11.9. The van der Waals surface area contributed by atoms with Crippen LogP contribution in [0.1, 0.15) is 12.0 Å². The van der Waals surface area contributed by atoms with E-state index in [0.717, 1.165) is 35.4 Å². The Balaban J connectivity index is 1.17. The normalized spacial score (nSPS) is 19.0. The lowest BCUT2D eigenvalue weighted by Gasteiger charge is -2.35. The summed E-state index contributed by atoms with van der Waals surface area (Å²) in [5, 5.41) is 4.18. The molecule has 0 radical (unpaired) electrons. The Morgan fingerprint density at radius 3 is 2.78 bits per heavy atom. The van der Waals surface area contributed by atoms with Crippen molar-refractivity contribution >= 4 is 51.8 Å². The van der Waals surface area contributed by atoms with Gasteiger partial charge >= 0.3 is 0 Å². The zero-order valence-corrected chi connectivity index (χ0v) is 19.0. The van der Waals surface area contributed by atoms with Crippen molar-refractivity contribution in [1.82, 2.24) is 14.8 Å². The average Bonchev–Trinajstić information content (AvgIpc) is 2.80. The third kappa shape index (κ3) is 4.46. The molecule has 2 aliphatic heterocycles. The van der Waals surface area contributed by atoms with Gasteiger partial charge in [-0.2, -0.15) is 0 Å². The number of hydrogen-bond donors (Lipinski definition) is 1. The van der Waals surface area contributed by atoms with Gasteiger partial charge in [0, 0.05) is 60.6 Å². The molecule has 3 heterocycles. The van der Waals surface area contributed by atoms with E-state index >= 15 is 0 Å². The Kier molecular flexibility index (Phi) is 6.04. The highest BCUT2D eigenvalue weighted by Crippen LogP contribution is 2.38. The second-order valence-corrected chi connectivity index (χ2v) is 9.77. The number of amides is 2. The summed E-state index contributed by atoms with van der Waals surface area (Å²) < 4.78 is 0. The first-order chi connectivity index (χ1) is 15.6. The quantitative estimate of drug-likeness (QED) is 0.628. The molecule has 1 saturated heterocycles. The second-order valence-electron chi connectivity index (χ2n) is 8.09. The lowest BCUT2D eigenvalue weighted by molar-refractivity contribution is -0.134. The molecule has 2 amide bonds. The fraction of sp³-hybridized carbons (Fsp3) is 0.292. The summed E-state index contributed by atoms with van der Waals surface area (Å²) in [7, 11) is 0. The van der Waals surface area contributed by atoms with Crippen molar-refractivity contribution in [3.05, 3.63) is 65.3 Å². The Morgan fingerprint density at radius 2 is 1.94 bits per heavy atom. The van der Waals surface area contributed by atoms with Crippen molar-refractivity contribution in [2.45, 2.75) is 23.1 Å². The molecule has 6 nitrogen and oxygen atoms in total. The predicted octanol–water partition coefficient (Wildman–Crippen LogP) is 4.04. The number of carbonyl (C=O) groups excluding carboxylic acids is 2. The number of para-hydroxylation sites is 1. The first kappa shape index (κ1) is 21.2. The number of fused-ring (bicyclic) bond motifs is 2. The van der Waals surface area contributed by atoms with Crippen LogP contribution in [0.5, 0.6) is 0 Å². The van der Waals surface area contributed by atoms with E-state index in [9.17, 15) is 9.59 Å². The van der Waals surface area contributed by atoms with Crippen LogP contribution >= 0.6 is 23.4 Å². The van der Waals surface area contributed by atoms with Crippen LogP contribution in [0.15, 0.2) is 59.6 Å². The zero-order chi connectivity index (χ0) is 22.1. The highest BCUT2D eigenvalue weighted by Gasteiger charge is 2.31. The number of carbonyl (C=O) groups is 2. The second kappa shape index (κ2) is 9.10. The number of nitrogens with zero attached hydrogens (tertiary/aromatic N) is 3. The van der Waals surface area contributed by atoms with E-state index in [1.807, 2.05) is 23.2 Å². The molecule has 2 aliphatic rings. The fourth-order valence-corrected chi connectivity index (χ4v) is 5.49. The number of piperazine rings is 1. The Labute approximate surface area is 195 Å². The first-order valence-electron chi connectivity index (χ1n) is 10.7. The molecular formula is C24H23ClN4O2S. The molecule has 2 aromatic carbocycles. The smallest absolute Gasteiger partial charge is 0.238 e. The van der Waals surface area contributed by atoms with E-state index in [-0.39, 0.29) is 18.2 Å². The molecule has 0 spiro atoms. The third-order valence-electron chi connectivity index (χ3n) is 5.96. The van der Waals surface area contributed by atoms with E-state index in [2.05, 4.69) is 39.5 Å². The molecule has 1 N–H and O–H groups in total. The lowest BCUT2D eigenvalue weighted by atomic mass is 10.1. The van der Waals surface area contributed by atoms with Crippen molar-refractivity contribution in [3.63, 3.8) is 0 Å². The van der Waals surface area contributed by atoms with Gasteiger partial charge in [0.25, 0.3) is 0 Å². The van der Waals surface area contributed by atoms with Crippen LogP contribution in [0, 0.1) is 0 Å². The van der Waals surface area contributed by atoms with E-state index in [0.29, 0.717) is 23.8 Å². The van der Waals surface area contributed by atoms with Gasteiger partial charge in [0.1, 0.15) is 0 Å². The number of anilines is 1. The molecule has 0 saturated carbocycles. The molecule has 0 bridgehead atoms. The molecule has 1 unspecified atom stereocenters. The minimum atomic E-state index is -0.420. The Morgan fingerprint density at radius 1 is 1.12 bits per heavy atom. The molecular weight excluding hydrogens is 444 g/mol. The molecule has 5 rings (SSSR count). The summed E-state index contributed by atoms with van der Waals surface area (Å²) in [6, 6.07) is 15.7. The summed E-state index contributed by atoms with van der Waals surface area (Å²) >= 11 is 7.44. The van der Waals surface area contributed by atoms with Crippen LogP contribution in [0.3, 0.4) is 0 Å². The summed E-state index contributed by atoms with van der Waals surface area (Å²) in [4.78, 5) is 35.1. The maximum atomic E-state index is 12.9. The van der Waals surface area contributed by atoms with Gasteiger partial charge in [0.15, 0.2) is 0 Å². The molecule has 1 fully saturated rings. The SMILES string of the molecule is O=C1Nc2cc(Cl)ccc2SC1CC(=O)N1CCN(Cc2cccc3cccnc23)CC1. The van der Waals surface area contributed by atoms with Gasteiger partial charge in [-0.3, -0.25) is 19.5 Å². The van der Waals surface area contributed by atoms with Gasteiger partial charge < -0.3 is 10.2 Å². The maximum absolute atomic E-state index is 12.9. The fourth-order valence-electron chi connectivity index (χ4n) is 4.24. The molecule has 32 heavy (non-hydrogen) atoms. The van der Waals surface area contributed by atoms with Crippen LogP contribution in [-0.2, 0) is 16.1 Å². The molecule has 1 aromatic heterocycles. The number of thioether (sulfide) groups is 1. The topological polar surface area (TPSA) is 65.5 Å². The minimum absolute atomic E-state index is 0.0292. The summed E-state index contributed by atoms with van der Waals surface area (Å²) in [5.74, 6) is -0.109. The highest BCUT2D eigenvalue weighted by atomic mass is 35.5. The van der Waals surface area contributed by atoms with Gasteiger partial charge in [-0.1, -0.05) is 35.9 Å². The van der Waals surface area contributed by atoms with Crippen LogP contribution in [0.4, 0.5) is 5.69 Å². The number of nitrogens with one attached hydrogen (secondary N) is 1. The third-order valence-corrected chi connectivity index (χ3v) is 7.47. The van der Waals surface area contributed by atoms with Crippen molar-refractivity contribution in [3.8, 4) is 0 Å². The summed E-state index contributed by atoms with van der Waals surface area (Å²) in [6.45, 7) is 3.77. The summed E-state index contributed by atoms with van der Waals surface area (Å²) in [6.07, 6.45) is 2.03. The Bertz CT molecular complexity index is 1170. The highest BCUT2D eigenvalue weighted by molar-refractivity contribution is 8.01. The number of aromatic nitrogens is 1. The number of hydrogen-bond acceptors (Lipinski definition) is 5. The number of pyridine rings is 1. The zero-order valence-electron chi connectivity index (χ0n) is 17.5. The van der Waals surface area contributed by atoms with Crippen LogP contribution in [-0.4, -0.2) is 58.0 Å². The van der Waals surface area contributed by atoms with Gasteiger partial charge in [-0.05, 0) is 29.8 Å². The largest absolute Gasteiger partial charge is 0.340 e. The molecule has 8 heteroatoms. The Hall–Kier alpha value is -2.61. The number of rotatable bonds is 4. The predicted molar refractivity (Wildman–Crippen MR) is 128 cm³/mol. The van der Waals surface area contributed by atoms with E-state index in [1.54, 1.807) is 12.1 Å². The van der Waals surface area contributed by atoms with E-state index < -0.39 is 5.25 Å². The van der Waals surface area contributed by atoms with E-state index in [1.165, 1.54) is 17.3 Å². The van der Waals surface area contributed by atoms with Crippen molar-refractivity contribution in [1.29, 1.82) is 0 Å². The minimum Gasteiger partial charge on any atom is -0.340 e. The van der Waals surface area contributed by atoms with Crippen molar-refractivity contribution < 1.29 is 9.59 Å². The molecule has 1 atom stereocenters.